The Morgan fingerprint density at radius 2 is 1.85 bits per heavy atom. The number of hydrogen-bond donors (Lipinski definition) is 2. The third-order valence-electron chi connectivity index (χ3n) is 1.51. The Hall–Kier alpha value is -0.880. The van der Waals surface area contributed by atoms with Crippen molar-refractivity contribution in [1.29, 1.82) is 0 Å². The van der Waals surface area contributed by atoms with Crippen LogP contribution in [0.5, 0.6) is 0 Å². The highest BCUT2D eigenvalue weighted by Gasteiger charge is 2.04. The average molecular weight is 206 g/mol. The number of amides is 1. The second kappa shape index (κ2) is 4.98. The Labute approximate surface area is 77.8 Å². The maximum atomic E-state index is 10.5. The molecule has 5 nitrogen and oxygen atoms in total. The van der Waals surface area contributed by atoms with Gasteiger partial charge in [-0.3, -0.25) is 4.79 Å². The van der Waals surface area contributed by atoms with Crippen molar-refractivity contribution >= 4 is 15.9 Å². The average Bonchev–Trinajstić information content (AvgIpc) is 1.95. The number of nitrogens with two attached hydrogens (primary N) is 2. The van der Waals surface area contributed by atoms with Crippen LogP contribution >= 0.6 is 0 Å². The minimum atomic E-state index is -3.39. The first-order chi connectivity index (χ1) is 5.83. The van der Waals surface area contributed by atoms with Gasteiger partial charge in [0.2, 0.25) is 15.9 Å². The number of primary sulfonamides is 1. The van der Waals surface area contributed by atoms with Crippen LogP contribution in [0.3, 0.4) is 0 Å². The zero-order valence-electron chi connectivity index (χ0n) is 7.32. The Morgan fingerprint density at radius 3 is 2.23 bits per heavy atom. The van der Waals surface area contributed by atoms with Gasteiger partial charge in [0.1, 0.15) is 0 Å². The third kappa shape index (κ3) is 7.48. The summed E-state index contributed by atoms with van der Waals surface area (Å²) in [5, 5.41) is 4.77. The number of rotatable bonds is 6. The van der Waals surface area contributed by atoms with Crippen molar-refractivity contribution in [2.75, 3.05) is 5.75 Å². The van der Waals surface area contributed by atoms with Crippen LogP contribution in [0, 0.1) is 0 Å². The molecule has 0 unspecified atom stereocenters. The summed E-state index contributed by atoms with van der Waals surface area (Å²) in [4.78, 5) is 10.5. The zero-order valence-corrected chi connectivity index (χ0v) is 8.14. The minimum absolute atomic E-state index is 0.0704. The van der Waals surface area contributed by atoms with Crippen LogP contribution in [0.2, 0.25) is 0 Å². The first-order valence-electron chi connectivity index (χ1n) is 3.81. The fourth-order valence-electron chi connectivity index (χ4n) is 0.765. The summed E-state index contributed by atoms with van der Waals surface area (Å²) in [6.07, 6.45) is 1.40. The molecule has 0 aliphatic carbocycles. The lowest BCUT2D eigenvalue weighted by molar-refractivity contribution is -0.114. The maximum Gasteiger partial charge on any atom is 0.244 e. The molecule has 0 aliphatic heterocycles. The van der Waals surface area contributed by atoms with Crippen molar-refractivity contribution in [1.82, 2.24) is 0 Å². The monoisotopic (exact) mass is 206 g/mol. The van der Waals surface area contributed by atoms with Crippen molar-refractivity contribution in [3.63, 3.8) is 0 Å². The molecular formula is C7H14N2O3S. The van der Waals surface area contributed by atoms with E-state index in [9.17, 15) is 13.2 Å². The molecule has 0 atom stereocenters. The van der Waals surface area contributed by atoms with Crippen LogP contribution < -0.4 is 10.9 Å². The van der Waals surface area contributed by atoms with Crippen molar-refractivity contribution in [3.05, 3.63) is 12.2 Å². The van der Waals surface area contributed by atoms with Crippen LogP contribution in [0.15, 0.2) is 12.2 Å². The predicted molar refractivity (Wildman–Crippen MR) is 50.2 cm³/mol. The number of unbranched alkanes of at least 4 members (excludes halogenated alkanes) is 1. The summed E-state index contributed by atoms with van der Waals surface area (Å²) in [5.74, 6) is -0.616. The maximum absolute atomic E-state index is 10.5. The second-order valence-corrected chi connectivity index (χ2v) is 4.53. The Morgan fingerprint density at radius 1 is 1.31 bits per heavy atom. The highest BCUT2D eigenvalue weighted by Crippen LogP contribution is 2.04. The predicted octanol–water partition coefficient (Wildman–Crippen LogP) is -0.513. The van der Waals surface area contributed by atoms with E-state index in [-0.39, 0.29) is 5.75 Å². The van der Waals surface area contributed by atoms with Gasteiger partial charge in [-0.1, -0.05) is 6.58 Å². The highest BCUT2D eigenvalue weighted by atomic mass is 32.2. The van der Waals surface area contributed by atoms with E-state index in [2.05, 4.69) is 6.58 Å². The van der Waals surface area contributed by atoms with Crippen molar-refractivity contribution < 1.29 is 13.2 Å². The molecular weight excluding hydrogens is 192 g/mol. The van der Waals surface area contributed by atoms with Crippen molar-refractivity contribution in [2.24, 2.45) is 10.9 Å². The van der Waals surface area contributed by atoms with Gasteiger partial charge < -0.3 is 5.73 Å². The molecule has 6 heteroatoms. The largest absolute Gasteiger partial charge is 0.366 e. The minimum Gasteiger partial charge on any atom is -0.366 e. The molecule has 13 heavy (non-hydrogen) atoms. The molecule has 0 spiro atoms. The molecule has 0 fully saturated rings. The first kappa shape index (κ1) is 12.1. The molecule has 0 aromatic carbocycles. The van der Waals surface area contributed by atoms with E-state index in [1.807, 2.05) is 0 Å². The Balaban J connectivity index is 3.59. The fourth-order valence-corrected chi connectivity index (χ4v) is 1.37. The normalized spacial score (nSPS) is 11.2. The fraction of sp³-hybridized carbons (Fsp3) is 0.571. The highest BCUT2D eigenvalue weighted by molar-refractivity contribution is 7.89. The summed E-state index contributed by atoms with van der Waals surface area (Å²) in [7, 11) is -3.39. The summed E-state index contributed by atoms with van der Waals surface area (Å²) >= 11 is 0. The topological polar surface area (TPSA) is 103 Å². The third-order valence-corrected chi connectivity index (χ3v) is 2.36. The van der Waals surface area contributed by atoms with E-state index in [0.717, 1.165) is 0 Å². The summed E-state index contributed by atoms with van der Waals surface area (Å²) in [5.41, 5.74) is 5.24. The Kier molecular flexibility index (Phi) is 4.64. The van der Waals surface area contributed by atoms with Crippen LogP contribution in [-0.2, 0) is 14.8 Å². The summed E-state index contributed by atoms with van der Waals surface area (Å²) in [6.45, 7) is 3.43. The zero-order chi connectivity index (χ0) is 10.5. The van der Waals surface area contributed by atoms with Gasteiger partial charge in [-0.25, -0.2) is 13.6 Å². The molecule has 0 aromatic rings. The van der Waals surface area contributed by atoms with Gasteiger partial charge in [-0.15, -0.1) is 0 Å². The second-order valence-electron chi connectivity index (χ2n) is 2.79. The Bertz CT molecular complexity index is 295. The van der Waals surface area contributed by atoms with Gasteiger partial charge in [0.25, 0.3) is 0 Å². The van der Waals surface area contributed by atoms with E-state index in [0.29, 0.717) is 24.8 Å². The van der Waals surface area contributed by atoms with E-state index < -0.39 is 15.9 Å². The number of hydrogen-bond acceptors (Lipinski definition) is 3. The SMILES string of the molecule is C=C(CCCCS(N)(=O)=O)C(N)=O. The summed E-state index contributed by atoms with van der Waals surface area (Å²) in [6, 6.07) is 0. The molecule has 0 bridgehead atoms. The first-order valence-corrected chi connectivity index (χ1v) is 5.52. The quantitative estimate of drug-likeness (QED) is 0.451. The molecule has 0 saturated heterocycles. The molecule has 0 heterocycles. The molecule has 0 rings (SSSR count). The van der Waals surface area contributed by atoms with E-state index in [1.165, 1.54) is 0 Å². The van der Waals surface area contributed by atoms with Crippen LogP contribution in [0.1, 0.15) is 19.3 Å². The molecule has 0 saturated carbocycles. The van der Waals surface area contributed by atoms with Crippen LogP contribution in [0.4, 0.5) is 0 Å². The van der Waals surface area contributed by atoms with Crippen molar-refractivity contribution in [2.45, 2.75) is 19.3 Å². The van der Waals surface area contributed by atoms with E-state index in [4.69, 9.17) is 10.9 Å². The number of carbonyl (C=O) groups excluding carboxylic acids is 1. The van der Waals surface area contributed by atoms with Gasteiger partial charge in [-0.05, 0) is 19.3 Å². The number of carbonyl (C=O) groups is 1. The molecule has 0 aromatic heterocycles. The lowest BCUT2D eigenvalue weighted by Crippen LogP contribution is -2.17. The molecule has 76 valence electrons. The van der Waals surface area contributed by atoms with Crippen LogP contribution in [-0.4, -0.2) is 20.1 Å². The van der Waals surface area contributed by atoms with E-state index in [1.54, 1.807) is 0 Å². The van der Waals surface area contributed by atoms with Crippen LogP contribution in [0.25, 0.3) is 0 Å². The smallest absolute Gasteiger partial charge is 0.244 e. The van der Waals surface area contributed by atoms with Crippen molar-refractivity contribution in [3.8, 4) is 0 Å². The molecule has 0 radical (unpaired) electrons. The molecule has 0 aliphatic rings. The van der Waals surface area contributed by atoms with E-state index >= 15 is 0 Å². The standard InChI is InChI=1S/C7H14N2O3S/c1-6(7(8)10)4-2-3-5-13(9,11)12/h1-5H2,(H2,8,10)(H2,9,11,12). The van der Waals surface area contributed by atoms with Gasteiger partial charge in [-0.2, -0.15) is 0 Å². The lowest BCUT2D eigenvalue weighted by Gasteiger charge is -2.00. The van der Waals surface area contributed by atoms with Gasteiger partial charge >= 0.3 is 0 Å². The lowest BCUT2D eigenvalue weighted by atomic mass is 10.1. The van der Waals surface area contributed by atoms with Gasteiger partial charge in [0, 0.05) is 5.57 Å². The van der Waals surface area contributed by atoms with Gasteiger partial charge in [0.05, 0.1) is 5.75 Å². The number of sulfonamides is 1. The summed E-state index contributed by atoms with van der Waals surface area (Å²) < 4.78 is 20.9. The molecule has 1 amide bonds. The molecule has 4 N–H and O–H groups in total. The van der Waals surface area contributed by atoms with Gasteiger partial charge in [0.15, 0.2) is 0 Å². The number of primary amides is 1.